The molecule has 0 bridgehead atoms. The maximum absolute atomic E-state index is 14.0. The molecule has 2 aromatic rings. The van der Waals surface area contributed by atoms with Gasteiger partial charge in [-0.15, -0.1) is 0 Å². The van der Waals surface area contributed by atoms with Crippen LogP contribution in [0, 0.1) is 11.8 Å². The van der Waals surface area contributed by atoms with E-state index in [0.29, 0.717) is 12.1 Å². The minimum absolute atomic E-state index is 0. The second-order valence-corrected chi connectivity index (χ2v) is 11.0. The fourth-order valence-electron chi connectivity index (χ4n) is 6.72. The Hall–Kier alpha value is -3.99. The molecule has 1 fully saturated rings. The SMILES string of the molecule is C.CN(C)[C@@H]1C(=O)C(C(N)=O)=C(O)[C@@]2(O)C(=O)C3=C(O)c4c(O)ccc(-c5cccc(CCCN)c5)c4C[C@H]3C[C@@H]12. The molecule has 0 aromatic heterocycles. The zero-order valence-corrected chi connectivity index (χ0v) is 22.3. The highest BCUT2D eigenvalue weighted by atomic mass is 16.3. The van der Waals surface area contributed by atoms with Crippen LogP contribution in [-0.2, 0) is 27.2 Å². The summed E-state index contributed by atoms with van der Waals surface area (Å²) in [4.78, 5) is 40.8. The number of benzene rings is 2. The van der Waals surface area contributed by atoms with Crippen molar-refractivity contribution in [2.45, 2.75) is 44.8 Å². The lowest BCUT2D eigenvalue weighted by atomic mass is 9.57. The van der Waals surface area contributed by atoms with Crippen LogP contribution in [0.2, 0.25) is 0 Å². The normalized spacial score (nSPS) is 25.4. The molecule has 0 radical (unpaired) electrons. The summed E-state index contributed by atoms with van der Waals surface area (Å²) in [5, 5.41) is 44.9. The largest absolute Gasteiger partial charge is 0.508 e. The van der Waals surface area contributed by atoms with Crippen LogP contribution in [0.1, 0.15) is 37.0 Å². The third-order valence-corrected chi connectivity index (χ3v) is 8.51. The summed E-state index contributed by atoms with van der Waals surface area (Å²) in [5.41, 5.74) is 10.8. The summed E-state index contributed by atoms with van der Waals surface area (Å²) >= 11 is 0. The third kappa shape index (κ3) is 4.43. The highest BCUT2D eigenvalue weighted by Crippen LogP contribution is 2.53. The van der Waals surface area contributed by atoms with Gasteiger partial charge >= 0.3 is 0 Å². The summed E-state index contributed by atoms with van der Waals surface area (Å²) in [7, 11) is 3.14. The number of hydrogen-bond acceptors (Lipinski definition) is 9. The molecular formula is C31H37N3O7. The van der Waals surface area contributed by atoms with E-state index in [1.807, 2.05) is 24.3 Å². The van der Waals surface area contributed by atoms with E-state index in [1.165, 1.54) is 11.0 Å². The fraction of sp³-hybridized carbons (Fsp3) is 0.387. The van der Waals surface area contributed by atoms with Gasteiger partial charge in [-0.2, -0.15) is 0 Å². The molecule has 8 N–H and O–H groups in total. The van der Waals surface area contributed by atoms with Crippen LogP contribution < -0.4 is 11.5 Å². The number of aryl methyl sites for hydroxylation is 1. The highest BCUT2D eigenvalue weighted by molar-refractivity contribution is 6.24. The molecule has 10 nitrogen and oxygen atoms in total. The van der Waals surface area contributed by atoms with Gasteiger partial charge < -0.3 is 31.9 Å². The molecule has 0 saturated heterocycles. The van der Waals surface area contributed by atoms with Gasteiger partial charge in [-0.25, -0.2) is 0 Å². The summed E-state index contributed by atoms with van der Waals surface area (Å²) < 4.78 is 0. The molecule has 3 aliphatic rings. The number of aromatic hydroxyl groups is 1. The van der Waals surface area contributed by atoms with Gasteiger partial charge in [0.05, 0.1) is 11.6 Å². The number of hydrogen-bond donors (Lipinski definition) is 6. The van der Waals surface area contributed by atoms with Crippen molar-refractivity contribution in [3.63, 3.8) is 0 Å². The van der Waals surface area contributed by atoms with Crippen LogP contribution in [0.25, 0.3) is 16.9 Å². The van der Waals surface area contributed by atoms with Crippen molar-refractivity contribution in [3.05, 3.63) is 70.0 Å². The maximum atomic E-state index is 14.0. The number of carbonyl (C=O) groups is 3. The van der Waals surface area contributed by atoms with Crippen molar-refractivity contribution in [3.8, 4) is 16.9 Å². The minimum Gasteiger partial charge on any atom is -0.508 e. The van der Waals surface area contributed by atoms with E-state index < -0.39 is 58.0 Å². The average Bonchev–Trinajstić information content (AvgIpc) is 2.89. The smallest absolute Gasteiger partial charge is 0.255 e. The molecule has 2 aromatic carbocycles. The molecule has 0 heterocycles. The predicted octanol–water partition coefficient (Wildman–Crippen LogP) is 2.16. The van der Waals surface area contributed by atoms with E-state index in [0.717, 1.165) is 29.5 Å². The van der Waals surface area contributed by atoms with Gasteiger partial charge in [0.25, 0.3) is 5.91 Å². The Morgan fingerprint density at radius 1 is 1.12 bits per heavy atom. The number of phenols is 1. The van der Waals surface area contributed by atoms with Gasteiger partial charge in [0.2, 0.25) is 5.78 Å². The number of Topliss-reactive ketones (excluding diaryl/α,β-unsaturated/α-hetero) is 2. The number of carbonyl (C=O) groups excluding carboxylic acids is 3. The van der Waals surface area contributed by atoms with Gasteiger partial charge in [0, 0.05) is 11.5 Å². The quantitative estimate of drug-likeness (QED) is 0.286. The molecule has 41 heavy (non-hydrogen) atoms. The van der Waals surface area contributed by atoms with E-state index in [-0.39, 0.29) is 37.2 Å². The van der Waals surface area contributed by atoms with Gasteiger partial charge in [-0.1, -0.05) is 37.8 Å². The molecule has 0 spiro atoms. The predicted molar refractivity (Wildman–Crippen MR) is 154 cm³/mol. The fourth-order valence-corrected chi connectivity index (χ4v) is 6.72. The number of phenolic OH excluding ortho intramolecular Hbond substituents is 1. The van der Waals surface area contributed by atoms with Crippen molar-refractivity contribution in [1.82, 2.24) is 4.90 Å². The van der Waals surface area contributed by atoms with E-state index in [2.05, 4.69) is 0 Å². The minimum atomic E-state index is -2.66. The Balaban J connectivity index is 0.00000387. The van der Waals surface area contributed by atoms with E-state index >= 15 is 0 Å². The summed E-state index contributed by atoms with van der Waals surface area (Å²) in [6.45, 7) is 0.561. The zero-order chi connectivity index (χ0) is 29.1. The molecule has 1 amide bonds. The highest BCUT2D eigenvalue weighted by Gasteiger charge is 2.64. The van der Waals surface area contributed by atoms with E-state index in [4.69, 9.17) is 11.5 Å². The number of fused-ring (bicyclic) bond motifs is 3. The van der Waals surface area contributed by atoms with Crippen molar-refractivity contribution in [2.24, 2.45) is 23.3 Å². The molecule has 3 aliphatic carbocycles. The maximum Gasteiger partial charge on any atom is 0.255 e. The van der Waals surface area contributed by atoms with E-state index in [9.17, 15) is 34.8 Å². The molecular weight excluding hydrogens is 526 g/mol. The number of aliphatic hydroxyl groups is 3. The van der Waals surface area contributed by atoms with Crippen LogP contribution in [0.15, 0.2) is 53.3 Å². The number of nitrogens with zero attached hydrogens (tertiary/aromatic N) is 1. The van der Waals surface area contributed by atoms with Gasteiger partial charge in [0.1, 0.15) is 22.8 Å². The molecule has 1 saturated carbocycles. The van der Waals surface area contributed by atoms with Gasteiger partial charge in [0.15, 0.2) is 11.4 Å². The monoisotopic (exact) mass is 563 g/mol. The number of amides is 1. The molecule has 10 heteroatoms. The second kappa shape index (κ2) is 10.8. The van der Waals surface area contributed by atoms with Crippen molar-refractivity contribution < 1.29 is 34.8 Å². The van der Waals surface area contributed by atoms with Crippen LogP contribution >= 0.6 is 0 Å². The Bertz CT molecular complexity index is 1510. The number of nitrogens with two attached hydrogens (primary N) is 2. The van der Waals surface area contributed by atoms with Crippen LogP contribution in [0.5, 0.6) is 5.75 Å². The Kier molecular flexibility index (Phi) is 7.88. The van der Waals surface area contributed by atoms with Crippen molar-refractivity contribution in [1.29, 1.82) is 0 Å². The molecule has 4 atom stereocenters. The van der Waals surface area contributed by atoms with Crippen LogP contribution in [0.4, 0.5) is 0 Å². The first-order chi connectivity index (χ1) is 18.9. The van der Waals surface area contributed by atoms with E-state index in [1.54, 1.807) is 20.2 Å². The molecule has 218 valence electrons. The number of rotatable bonds is 6. The lowest BCUT2D eigenvalue weighted by molar-refractivity contribution is -0.153. The number of likely N-dealkylation sites (N-methyl/N-ethyl adjacent to an activating group) is 1. The topological polar surface area (TPSA) is 187 Å². The summed E-state index contributed by atoms with van der Waals surface area (Å²) in [5.74, 6) is -6.67. The first kappa shape index (κ1) is 30.0. The first-order valence-electron chi connectivity index (χ1n) is 13.2. The molecule has 5 rings (SSSR count). The van der Waals surface area contributed by atoms with Crippen LogP contribution in [-0.4, -0.2) is 75.1 Å². The van der Waals surface area contributed by atoms with Crippen molar-refractivity contribution in [2.75, 3.05) is 20.6 Å². The number of aliphatic hydroxyl groups excluding tert-OH is 2. The molecule has 0 unspecified atom stereocenters. The third-order valence-electron chi connectivity index (χ3n) is 8.51. The first-order valence-corrected chi connectivity index (χ1v) is 13.2. The summed E-state index contributed by atoms with van der Waals surface area (Å²) in [6, 6.07) is 9.96. The lowest BCUT2D eigenvalue weighted by Gasteiger charge is -2.50. The van der Waals surface area contributed by atoms with Gasteiger partial charge in [-0.05, 0) is 80.6 Å². The Morgan fingerprint density at radius 2 is 1.83 bits per heavy atom. The standard InChI is InChI=1S/C30H33N3O7.CH4/c1-33(2)24-19-13-16-12-18-17(15-7-3-5-14(11-15)6-4-10-31)8-9-20(34)22(18)25(35)21(16)27(37)30(19,40)28(38)23(26(24)36)29(32)39;/h3,5,7-9,11,16,19,24,34-35,38,40H,4,6,10,12-13,31H2,1-2H3,(H2,32,39);1H4/t16-,19-,24-,30-;/m0./s1. The molecule has 0 aliphatic heterocycles. The lowest BCUT2D eigenvalue weighted by Crippen LogP contribution is -2.65. The Morgan fingerprint density at radius 3 is 2.46 bits per heavy atom. The second-order valence-electron chi connectivity index (χ2n) is 11.0. The van der Waals surface area contributed by atoms with Crippen LogP contribution in [0.3, 0.4) is 0 Å². The average molecular weight is 564 g/mol. The zero-order valence-electron chi connectivity index (χ0n) is 22.3. The summed E-state index contributed by atoms with van der Waals surface area (Å²) in [6.07, 6.45) is 1.88. The number of ketones is 2. The Labute approximate surface area is 238 Å². The van der Waals surface area contributed by atoms with Crippen molar-refractivity contribution >= 4 is 23.2 Å². The van der Waals surface area contributed by atoms with Gasteiger partial charge in [-0.3, -0.25) is 19.3 Å². The number of primary amides is 1.